The van der Waals surface area contributed by atoms with E-state index >= 15 is 0 Å². The Bertz CT molecular complexity index is 252. The van der Waals surface area contributed by atoms with E-state index in [4.69, 9.17) is 10.9 Å². The number of amidine groups is 1. The van der Waals surface area contributed by atoms with Gasteiger partial charge in [-0.25, -0.2) is 0 Å². The van der Waals surface area contributed by atoms with Crippen molar-refractivity contribution in [1.29, 1.82) is 0 Å². The van der Waals surface area contributed by atoms with Crippen molar-refractivity contribution in [3.8, 4) is 0 Å². The van der Waals surface area contributed by atoms with Gasteiger partial charge in [0.25, 0.3) is 0 Å². The Morgan fingerprint density at radius 2 is 1.95 bits per heavy atom. The maximum absolute atomic E-state index is 8.70. The van der Waals surface area contributed by atoms with Crippen LogP contribution in [0.25, 0.3) is 0 Å². The van der Waals surface area contributed by atoms with Gasteiger partial charge in [-0.1, -0.05) is 51.6 Å². The van der Waals surface area contributed by atoms with Crippen molar-refractivity contribution in [2.24, 2.45) is 16.3 Å². The lowest BCUT2D eigenvalue weighted by Crippen LogP contribution is -2.32. The second-order valence-electron chi connectivity index (χ2n) is 6.18. The van der Waals surface area contributed by atoms with Crippen LogP contribution in [0.2, 0.25) is 0 Å². The third kappa shape index (κ3) is 8.87. The van der Waals surface area contributed by atoms with Gasteiger partial charge in [0.15, 0.2) is 0 Å². The lowest BCUT2D eigenvalue weighted by atomic mass is 9.86. The summed E-state index contributed by atoms with van der Waals surface area (Å²) in [6.07, 6.45) is 8.40. The van der Waals surface area contributed by atoms with Crippen molar-refractivity contribution >= 4 is 5.84 Å². The minimum atomic E-state index is -0.207. The minimum absolute atomic E-state index is 0.207. The van der Waals surface area contributed by atoms with Gasteiger partial charge in [-0.15, -0.1) is 0 Å². The predicted molar refractivity (Wildman–Crippen MR) is 82.6 cm³/mol. The number of hydrogen-bond acceptors (Lipinski definition) is 3. The lowest BCUT2D eigenvalue weighted by molar-refractivity contribution is 0.304. The maximum Gasteiger partial charge on any atom is 0.144 e. The molecule has 0 aliphatic rings. The standard InChI is InChI=1S/C15H33N3O/c1-5-6-7-10-13(2)17-12-9-8-11-15(3,4)14(16)18-19/h13,17,19H,5-12H2,1-4H3,(H2,16,18). The summed E-state index contributed by atoms with van der Waals surface area (Å²) in [5.74, 6) is 0.327. The van der Waals surface area contributed by atoms with Crippen LogP contribution in [-0.2, 0) is 0 Å². The van der Waals surface area contributed by atoms with Crippen LogP contribution < -0.4 is 11.1 Å². The zero-order chi connectivity index (χ0) is 14.7. The lowest BCUT2D eigenvalue weighted by Gasteiger charge is -2.22. The first-order valence-electron chi connectivity index (χ1n) is 7.65. The van der Waals surface area contributed by atoms with E-state index in [1.807, 2.05) is 13.8 Å². The van der Waals surface area contributed by atoms with Crippen molar-refractivity contribution in [3.63, 3.8) is 0 Å². The smallest absolute Gasteiger partial charge is 0.144 e. The van der Waals surface area contributed by atoms with Crippen molar-refractivity contribution in [2.45, 2.75) is 78.7 Å². The predicted octanol–water partition coefficient (Wildman–Crippen LogP) is 3.49. The van der Waals surface area contributed by atoms with E-state index in [9.17, 15) is 0 Å². The van der Waals surface area contributed by atoms with Gasteiger partial charge in [0.05, 0.1) is 0 Å². The number of nitrogens with zero attached hydrogens (tertiary/aromatic N) is 1. The van der Waals surface area contributed by atoms with Crippen LogP contribution in [-0.4, -0.2) is 23.6 Å². The highest BCUT2D eigenvalue weighted by Crippen LogP contribution is 2.23. The fourth-order valence-electron chi connectivity index (χ4n) is 2.11. The summed E-state index contributed by atoms with van der Waals surface area (Å²) < 4.78 is 0. The molecule has 0 bridgehead atoms. The Morgan fingerprint density at radius 1 is 1.26 bits per heavy atom. The van der Waals surface area contributed by atoms with E-state index in [0.717, 1.165) is 25.8 Å². The molecule has 1 atom stereocenters. The number of rotatable bonds is 11. The molecule has 0 aliphatic heterocycles. The molecule has 0 rings (SSSR count). The number of nitrogens with two attached hydrogens (primary N) is 1. The molecule has 0 amide bonds. The first-order valence-corrected chi connectivity index (χ1v) is 7.65. The topological polar surface area (TPSA) is 70.6 Å². The molecule has 0 heterocycles. The van der Waals surface area contributed by atoms with E-state index in [-0.39, 0.29) is 5.41 Å². The van der Waals surface area contributed by atoms with Gasteiger partial charge in [-0.05, 0) is 32.7 Å². The molecule has 0 aliphatic carbocycles. The molecule has 1 unspecified atom stereocenters. The Hall–Kier alpha value is -0.770. The van der Waals surface area contributed by atoms with Crippen molar-refractivity contribution < 1.29 is 5.21 Å². The summed E-state index contributed by atoms with van der Waals surface area (Å²) in [5.41, 5.74) is 5.46. The molecule has 0 fully saturated rings. The average Bonchev–Trinajstić information content (AvgIpc) is 2.37. The van der Waals surface area contributed by atoms with Gasteiger partial charge in [0.2, 0.25) is 0 Å². The Labute approximate surface area is 118 Å². The second kappa shape index (κ2) is 10.1. The average molecular weight is 271 g/mol. The normalized spacial score (nSPS) is 14.6. The summed E-state index contributed by atoms with van der Waals surface area (Å²) >= 11 is 0. The van der Waals surface area contributed by atoms with Crippen LogP contribution >= 0.6 is 0 Å². The Balaban J connectivity index is 3.59. The quantitative estimate of drug-likeness (QED) is 0.177. The van der Waals surface area contributed by atoms with E-state index in [2.05, 4.69) is 24.3 Å². The highest BCUT2D eigenvalue weighted by Gasteiger charge is 2.22. The summed E-state index contributed by atoms with van der Waals surface area (Å²) in [6.45, 7) is 9.59. The highest BCUT2D eigenvalue weighted by atomic mass is 16.4. The van der Waals surface area contributed by atoms with Crippen LogP contribution in [0.5, 0.6) is 0 Å². The monoisotopic (exact) mass is 271 g/mol. The van der Waals surface area contributed by atoms with Gasteiger partial charge in [-0.3, -0.25) is 0 Å². The molecule has 4 N–H and O–H groups in total. The number of oxime groups is 1. The van der Waals surface area contributed by atoms with Crippen LogP contribution in [0.4, 0.5) is 0 Å². The van der Waals surface area contributed by atoms with Gasteiger partial charge < -0.3 is 16.3 Å². The fraction of sp³-hybridized carbons (Fsp3) is 0.933. The molecule has 0 radical (unpaired) electrons. The molecular formula is C15H33N3O. The Kier molecular flexibility index (Phi) is 9.66. The second-order valence-corrected chi connectivity index (χ2v) is 6.18. The molecule has 114 valence electrons. The molecule has 0 saturated heterocycles. The van der Waals surface area contributed by atoms with Crippen LogP contribution in [0, 0.1) is 5.41 Å². The van der Waals surface area contributed by atoms with E-state index < -0.39 is 0 Å². The minimum Gasteiger partial charge on any atom is -0.409 e. The molecule has 19 heavy (non-hydrogen) atoms. The van der Waals surface area contributed by atoms with Crippen LogP contribution in [0.3, 0.4) is 0 Å². The van der Waals surface area contributed by atoms with Crippen molar-refractivity contribution in [2.75, 3.05) is 6.54 Å². The molecule has 0 aromatic heterocycles. The Morgan fingerprint density at radius 3 is 2.53 bits per heavy atom. The highest BCUT2D eigenvalue weighted by molar-refractivity contribution is 5.85. The van der Waals surface area contributed by atoms with Gasteiger partial charge in [0.1, 0.15) is 5.84 Å². The van der Waals surface area contributed by atoms with Crippen molar-refractivity contribution in [3.05, 3.63) is 0 Å². The largest absolute Gasteiger partial charge is 0.409 e. The molecule has 0 saturated carbocycles. The zero-order valence-electron chi connectivity index (χ0n) is 13.2. The third-order valence-corrected chi connectivity index (χ3v) is 3.76. The van der Waals surface area contributed by atoms with E-state index in [1.54, 1.807) is 0 Å². The first-order chi connectivity index (χ1) is 8.94. The first kappa shape index (κ1) is 18.2. The van der Waals surface area contributed by atoms with Crippen LogP contribution in [0.15, 0.2) is 5.16 Å². The van der Waals surface area contributed by atoms with E-state index in [0.29, 0.717) is 11.9 Å². The molecule has 4 nitrogen and oxygen atoms in total. The number of unbranched alkanes of at least 4 members (excludes halogenated alkanes) is 3. The summed E-state index contributed by atoms with van der Waals surface area (Å²) in [7, 11) is 0. The van der Waals surface area contributed by atoms with Gasteiger partial charge >= 0.3 is 0 Å². The third-order valence-electron chi connectivity index (χ3n) is 3.76. The van der Waals surface area contributed by atoms with Crippen LogP contribution in [0.1, 0.15) is 72.6 Å². The van der Waals surface area contributed by atoms with E-state index in [1.165, 1.54) is 25.7 Å². The summed E-state index contributed by atoms with van der Waals surface area (Å²) in [6, 6.07) is 0.614. The summed E-state index contributed by atoms with van der Waals surface area (Å²) in [4.78, 5) is 0. The molecule has 0 aromatic carbocycles. The van der Waals surface area contributed by atoms with Gasteiger partial charge in [-0.2, -0.15) is 0 Å². The molecule has 0 spiro atoms. The van der Waals surface area contributed by atoms with Gasteiger partial charge in [0, 0.05) is 11.5 Å². The molecule has 0 aromatic rings. The number of nitrogens with one attached hydrogen (secondary N) is 1. The fourth-order valence-corrected chi connectivity index (χ4v) is 2.11. The zero-order valence-corrected chi connectivity index (χ0v) is 13.2. The van der Waals surface area contributed by atoms with Crippen molar-refractivity contribution in [1.82, 2.24) is 5.32 Å². The maximum atomic E-state index is 8.70. The molecular weight excluding hydrogens is 238 g/mol. The molecule has 4 heteroatoms. The summed E-state index contributed by atoms with van der Waals surface area (Å²) in [5, 5.41) is 15.4. The SMILES string of the molecule is CCCCCC(C)NCCCCC(C)(C)C(N)=NO. The number of hydrogen-bond donors (Lipinski definition) is 3.